The van der Waals surface area contributed by atoms with E-state index >= 15 is 0 Å². The molecule has 2 heterocycles. The standard InChI is InChI=1S/C13H16FN5O/c14-9-2-1-3-10(20)11(9)12-16-13(18-17-12)19-6-4-8(15)5-7-19/h1-3,8,20H,4-7,15H2,(H,16,17,18). The van der Waals surface area contributed by atoms with E-state index in [1.807, 2.05) is 4.90 Å². The lowest BCUT2D eigenvalue weighted by molar-refractivity contribution is 0.471. The zero-order valence-corrected chi connectivity index (χ0v) is 10.9. The Morgan fingerprint density at radius 1 is 1.35 bits per heavy atom. The smallest absolute Gasteiger partial charge is 0.245 e. The molecule has 6 nitrogen and oxygen atoms in total. The predicted molar refractivity (Wildman–Crippen MR) is 72.9 cm³/mol. The first-order chi connectivity index (χ1) is 9.65. The van der Waals surface area contributed by atoms with Gasteiger partial charge in [-0.3, -0.25) is 5.10 Å². The zero-order chi connectivity index (χ0) is 14.1. The summed E-state index contributed by atoms with van der Waals surface area (Å²) in [7, 11) is 0. The van der Waals surface area contributed by atoms with Crippen LogP contribution in [-0.4, -0.2) is 39.4 Å². The van der Waals surface area contributed by atoms with Crippen molar-refractivity contribution in [1.29, 1.82) is 0 Å². The molecule has 0 aliphatic carbocycles. The molecule has 2 aromatic rings. The molecule has 1 aliphatic heterocycles. The summed E-state index contributed by atoms with van der Waals surface area (Å²) in [5.41, 5.74) is 5.89. The Kier molecular flexibility index (Phi) is 3.27. The minimum atomic E-state index is -0.534. The van der Waals surface area contributed by atoms with Crippen LogP contribution in [0.3, 0.4) is 0 Å². The average molecular weight is 277 g/mol. The second kappa shape index (κ2) is 5.09. The third-order valence-electron chi connectivity index (χ3n) is 3.52. The van der Waals surface area contributed by atoms with Crippen LogP contribution in [0.1, 0.15) is 12.8 Å². The van der Waals surface area contributed by atoms with Crippen molar-refractivity contribution in [3.63, 3.8) is 0 Å². The lowest BCUT2D eigenvalue weighted by Crippen LogP contribution is -2.40. The molecular formula is C13H16FN5O. The molecule has 1 fully saturated rings. The van der Waals surface area contributed by atoms with Gasteiger partial charge in [-0.1, -0.05) is 6.07 Å². The van der Waals surface area contributed by atoms with Gasteiger partial charge in [-0.25, -0.2) is 4.39 Å². The largest absolute Gasteiger partial charge is 0.507 e. The van der Waals surface area contributed by atoms with Crippen LogP contribution in [0.25, 0.3) is 11.4 Å². The number of phenolic OH excluding ortho intramolecular Hbond substituents is 1. The summed E-state index contributed by atoms with van der Waals surface area (Å²) < 4.78 is 13.8. The Labute approximate surface area is 115 Å². The number of benzene rings is 1. The Morgan fingerprint density at radius 3 is 2.80 bits per heavy atom. The molecule has 0 atom stereocenters. The van der Waals surface area contributed by atoms with E-state index in [9.17, 15) is 9.50 Å². The van der Waals surface area contributed by atoms with Crippen molar-refractivity contribution in [3.05, 3.63) is 24.0 Å². The summed E-state index contributed by atoms with van der Waals surface area (Å²) in [5, 5.41) is 16.5. The average Bonchev–Trinajstić information content (AvgIpc) is 2.89. The number of nitrogens with one attached hydrogen (secondary N) is 1. The molecule has 1 aromatic heterocycles. The quantitative estimate of drug-likeness (QED) is 0.768. The van der Waals surface area contributed by atoms with Gasteiger partial charge < -0.3 is 15.7 Å². The number of nitrogens with zero attached hydrogens (tertiary/aromatic N) is 3. The molecule has 1 saturated heterocycles. The molecule has 0 radical (unpaired) electrons. The molecule has 20 heavy (non-hydrogen) atoms. The van der Waals surface area contributed by atoms with Crippen molar-refractivity contribution in [2.45, 2.75) is 18.9 Å². The highest BCUT2D eigenvalue weighted by Gasteiger charge is 2.21. The van der Waals surface area contributed by atoms with E-state index in [1.165, 1.54) is 18.2 Å². The van der Waals surface area contributed by atoms with E-state index in [0.717, 1.165) is 25.9 Å². The Hall–Kier alpha value is -2.15. The molecule has 1 aromatic carbocycles. The van der Waals surface area contributed by atoms with Gasteiger partial charge in [0.05, 0.1) is 5.56 Å². The number of rotatable bonds is 2. The van der Waals surface area contributed by atoms with Crippen molar-refractivity contribution in [1.82, 2.24) is 15.2 Å². The molecule has 3 rings (SSSR count). The normalized spacial score (nSPS) is 16.6. The van der Waals surface area contributed by atoms with E-state index in [4.69, 9.17) is 5.73 Å². The fourth-order valence-electron chi connectivity index (χ4n) is 2.35. The number of aromatic hydroxyl groups is 1. The highest BCUT2D eigenvalue weighted by Crippen LogP contribution is 2.30. The summed E-state index contributed by atoms with van der Waals surface area (Å²) in [6.07, 6.45) is 1.77. The number of hydrogen-bond acceptors (Lipinski definition) is 5. The Balaban J connectivity index is 1.87. The highest BCUT2D eigenvalue weighted by atomic mass is 19.1. The first kappa shape index (κ1) is 12.9. The molecular weight excluding hydrogens is 261 g/mol. The van der Waals surface area contributed by atoms with Gasteiger partial charge >= 0.3 is 0 Å². The molecule has 0 saturated carbocycles. The van der Waals surface area contributed by atoms with Gasteiger partial charge in [-0.15, -0.1) is 5.10 Å². The molecule has 106 valence electrons. The number of hydrogen-bond donors (Lipinski definition) is 3. The number of halogens is 1. The highest BCUT2D eigenvalue weighted by molar-refractivity contribution is 5.65. The maximum absolute atomic E-state index is 13.8. The number of aromatic nitrogens is 3. The minimum Gasteiger partial charge on any atom is -0.507 e. The Morgan fingerprint density at radius 2 is 2.10 bits per heavy atom. The molecule has 7 heteroatoms. The molecule has 0 amide bonds. The van der Waals surface area contributed by atoms with E-state index in [-0.39, 0.29) is 23.2 Å². The van der Waals surface area contributed by atoms with E-state index in [0.29, 0.717) is 5.95 Å². The Bertz CT molecular complexity index is 586. The van der Waals surface area contributed by atoms with Crippen LogP contribution in [0.2, 0.25) is 0 Å². The summed E-state index contributed by atoms with van der Waals surface area (Å²) in [6.45, 7) is 1.56. The molecule has 0 spiro atoms. The summed E-state index contributed by atoms with van der Waals surface area (Å²) in [5.74, 6) is 0.0433. The summed E-state index contributed by atoms with van der Waals surface area (Å²) in [4.78, 5) is 6.27. The van der Waals surface area contributed by atoms with Gasteiger partial charge in [0.1, 0.15) is 11.6 Å². The third-order valence-corrected chi connectivity index (χ3v) is 3.52. The van der Waals surface area contributed by atoms with Gasteiger partial charge in [0.15, 0.2) is 5.82 Å². The van der Waals surface area contributed by atoms with Gasteiger partial charge in [0.25, 0.3) is 0 Å². The zero-order valence-electron chi connectivity index (χ0n) is 10.9. The first-order valence-corrected chi connectivity index (χ1v) is 6.56. The van der Waals surface area contributed by atoms with Crippen molar-refractivity contribution in [2.75, 3.05) is 18.0 Å². The lowest BCUT2D eigenvalue weighted by atomic mass is 10.1. The van der Waals surface area contributed by atoms with Crippen molar-refractivity contribution in [2.24, 2.45) is 5.73 Å². The van der Waals surface area contributed by atoms with Gasteiger partial charge in [-0.05, 0) is 25.0 Å². The van der Waals surface area contributed by atoms with Crippen LogP contribution >= 0.6 is 0 Å². The predicted octanol–water partition coefficient (Wildman–Crippen LogP) is 1.24. The molecule has 0 bridgehead atoms. The molecule has 1 aliphatic rings. The van der Waals surface area contributed by atoms with Crippen LogP contribution in [0.4, 0.5) is 10.3 Å². The van der Waals surface area contributed by atoms with Crippen molar-refractivity contribution in [3.8, 4) is 17.1 Å². The minimum absolute atomic E-state index is 0.0416. The van der Waals surface area contributed by atoms with Crippen LogP contribution in [0.5, 0.6) is 5.75 Å². The topological polar surface area (TPSA) is 91.1 Å². The maximum atomic E-state index is 13.8. The fourth-order valence-corrected chi connectivity index (χ4v) is 2.35. The second-order valence-corrected chi connectivity index (χ2v) is 4.94. The summed E-state index contributed by atoms with van der Waals surface area (Å²) >= 11 is 0. The van der Waals surface area contributed by atoms with E-state index in [2.05, 4.69) is 15.2 Å². The van der Waals surface area contributed by atoms with Crippen molar-refractivity contribution >= 4 is 5.95 Å². The number of aromatic amines is 1. The third kappa shape index (κ3) is 2.32. The first-order valence-electron chi connectivity index (χ1n) is 6.56. The van der Waals surface area contributed by atoms with Gasteiger partial charge in [0, 0.05) is 19.1 Å². The molecule has 4 N–H and O–H groups in total. The SMILES string of the molecule is NC1CCN(c2n[nH]c(-c3c(O)cccc3F)n2)CC1. The van der Waals surface area contributed by atoms with Crippen LogP contribution in [0, 0.1) is 5.82 Å². The fraction of sp³-hybridized carbons (Fsp3) is 0.385. The number of anilines is 1. The van der Waals surface area contributed by atoms with Crippen LogP contribution < -0.4 is 10.6 Å². The van der Waals surface area contributed by atoms with Crippen molar-refractivity contribution < 1.29 is 9.50 Å². The molecule has 0 unspecified atom stereocenters. The number of nitrogens with two attached hydrogens (primary N) is 1. The summed E-state index contributed by atoms with van der Waals surface area (Å²) in [6, 6.07) is 4.36. The van der Waals surface area contributed by atoms with Crippen LogP contribution in [-0.2, 0) is 0 Å². The number of H-pyrrole nitrogens is 1. The number of piperidine rings is 1. The number of phenols is 1. The maximum Gasteiger partial charge on any atom is 0.245 e. The van der Waals surface area contributed by atoms with Gasteiger partial charge in [0.2, 0.25) is 5.95 Å². The monoisotopic (exact) mass is 277 g/mol. The van der Waals surface area contributed by atoms with E-state index < -0.39 is 5.82 Å². The lowest BCUT2D eigenvalue weighted by Gasteiger charge is -2.28. The second-order valence-electron chi connectivity index (χ2n) is 4.94. The van der Waals surface area contributed by atoms with Gasteiger partial charge in [-0.2, -0.15) is 4.98 Å². The van der Waals surface area contributed by atoms with Crippen LogP contribution in [0.15, 0.2) is 18.2 Å². The van der Waals surface area contributed by atoms with E-state index in [1.54, 1.807) is 0 Å².